The number of aliphatic carboxylic acids is 1. The minimum atomic E-state index is -0.962. The van der Waals surface area contributed by atoms with E-state index < -0.39 is 17.9 Å². The number of thioether (sulfide) groups is 2. The summed E-state index contributed by atoms with van der Waals surface area (Å²) in [5.74, 6) is -0.346. The molecule has 2 aromatic carbocycles. The molecule has 3 atom stereocenters. The van der Waals surface area contributed by atoms with Gasteiger partial charge >= 0.3 is 5.97 Å². The standard InChI is InChI=1S/C23H25NO4S2/c1-16(14-30-23(28)18-8-4-2-5-9-18)21(25)24-13-17(12-20(24)22(26)27)15-29-19-10-6-3-7-11-19/h2-11,16-17,20H,12-15H2,1H3,(H,26,27). The van der Waals surface area contributed by atoms with Crippen LogP contribution < -0.4 is 0 Å². The van der Waals surface area contributed by atoms with Crippen molar-refractivity contribution >= 4 is 40.5 Å². The molecule has 2 aromatic rings. The molecule has 1 amide bonds. The van der Waals surface area contributed by atoms with E-state index >= 15 is 0 Å². The molecule has 5 nitrogen and oxygen atoms in total. The van der Waals surface area contributed by atoms with Crippen molar-refractivity contribution in [3.8, 4) is 0 Å². The minimum Gasteiger partial charge on any atom is -0.480 e. The number of carboxylic acid groups (broad SMARTS) is 1. The largest absolute Gasteiger partial charge is 0.480 e. The van der Waals surface area contributed by atoms with E-state index in [-0.39, 0.29) is 16.9 Å². The predicted molar refractivity (Wildman–Crippen MR) is 121 cm³/mol. The summed E-state index contributed by atoms with van der Waals surface area (Å²) in [7, 11) is 0. The lowest BCUT2D eigenvalue weighted by Crippen LogP contribution is -2.43. The number of rotatable bonds is 8. The molecular weight excluding hydrogens is 418 g/mol. The summed E-state index contributed by atoms with van der Waals surface area (Å²) in [4.78, 5) is 39.6. The van der Waals surface area contributed by atoms with E-state index in [1.165, 1.54) is 4.90 Å². The fourth-order valence-electron chi connectivity index (χ4n) is 3.46. The summed E-state index contributed by atoms with van der Waals surface area (Å²) in [6.07, 6.45) is 0.462. The van der Waals surface area contributed by atoms with Crippen LogP contribution in [0.2, 0.25) is 0 Å². The summed E-state index contributed by atoms with van der Waals surface area (Å²) in [5, 5.41) is 9.54. The van der Waals surface area contributed by atoms with E-state index in [1.54, 1.807) is 43.0 Å². The molecule has 0 aromatic heterocycles. The Kier molecular flexibility index (Phi) is 7.99. The zero-order valence-electron chi connectivity index (χ0n) is 16.8. The molecule has 1 saturated heterocycles. The van der Waals surface area contributed by atoms with Crippen molar-refractivity contribution < 1.29 is 19.5 Å². The SMILES string of the molecule is CC(CSC(=O)c1ccccc1)C(=O)N1CC(CSc2ccccc2)CC1C(=O)O. The second kappa shape index (κ2) is 10.7. The number of carbonyl (C=O) groups is 3. The third-order valence-electron chi connectivity index (χ3n) is 5.08. The maximum absolute atomic E-state index is 13.0. The summed E-state index contributed by atoms with van der Waals surface area (Å²) < 4.78 is 0. The van der Waals surface area contributed by atoms with Crippen LogP contribution in [0.25, 0.3) is 0 Å². The average Bonchev–Trinajstić information content (AvgIpc) is 3.21. The molecule has 3 rings (SSSR count). The molecule has 0 radical (unpaired) electrons. The van der Waals surface area contributed by atoms with Gasteiger partial charge in [-0.05, 0) is 24.5 Å². The molecule has 1 aliphatic heterocycles. The van der Waals surface area contributed by atoms with Crippen molar-refractivity contribution in [3.05, 3.63) is 66.2 Å². The molecule has 0 bridgehead atoms. The molecule has 1 heterocycles. The number of benzene rings is 2. The van der Waals surface area contributed by atoms with Crippen LogP contribution in [-0.2, 0) is 9.59 Å². The van der Waals surface area contributed by atoms with E-state index in [2.05, 4.69) is 0 Å². The van der Waals surface area contributed by atoms with Gasteiger partial charge in [0.05, 0.1) is 0 Å². The highest BCUT2D eigenvalue weighted by Gasteiger charge is 2.40. The maximum Gasteiger partial charge on any atom is 0.326 e. The van der Waals surface area contributed by atoms with Gasteiger partial charge in [0.2, 0.25) is 11.0 Å². The number of nitrogens with zero attached hydrogens (tertiary/aromatic N) is 1. The topological polar surface area (TPSA) is 74.7 Å². The fourth-order valence-corrected chi connectivity index (χ4v) is 5.33. The molecule has 1 fully saturated rings. The van der Waals surface area contributed by atoms with Crippen LogP contribution in [0.3, 0.4) is 0 Å². The van der Waals surface area contributed by atoms with Crippen LogP contribution in [-0.4, -0.2) is 51.1 Å². The summed E-state index contributed by atoms with van der Waals surface area (Å²) in [6, 6.07) is 18.1. The first-order valence-corrected chi connectivity index (χ1v) is 11.9. The zero-order valence-corrected chi connectivity index (χ0v) is 18.4. The molecule has 1 N–H and O–H groups in total. The minimum absolute atomic E-state index is 0.0800. The van der Waals surface area contributed by atoms with E-state index in [0.29, 0.717) is 24.3 Å². The van der Waals surface area contributed by atoms with Gasteiger partial charge in [0.1, 0.15) is 6.04 Å². The van der Waals surface area contributed by atoms with Crippen molar-refractivity contribution in [2.75, 3.05) is 18.1 Å². The summed E-state index contributed by atoms with van der Waals surface area (Å²) in [6.45, 7) is 2.20. The highest BCUT2D eigenvalue weighted by Crippen LogP contribution is 2.31. The molecule has 3 unspecified atom stereocenters. The highest BCUT2D eigenvalue weighted by atomic mass is 32.2. The first-order chi connectivity index (χ1) is 14.5. The van der Waals surface area contributed by atoms with Crippen molar-refractivity contribution in [1.82, 2.24) is 4.90 Å². The molecule has 0 spiro atoms. The Morgan fingerprint density at radius 1 is 1.07 bits per heavy atom. The average molecular weight is 444 g/mol. The second-order valence-electron chi connectivity index (χ2n) is 7.44. The third-order valence-corrected chi connectivity index (χ3v) is 7.49. The van der Waals surface area contributed by atoms with Crippen molar-refractivity contribution in [3.63, 3.8) is 0 Å². The highest BCUT2D eigenvalue weighted by molar-refractivity contribution is 8.14. The normalized spacial score (nSPS) is 19.4. The van der Waals surface area contributed by atoms with Gasteiger partial charge < -0.3 is 10.0 Å². The van der Waals surface area contributed by atoms with Gasteiger partial charge in [0.25, 0.3) is 0 Å². The lowest BCUT2D eigenvalue weighted by molar-refractivity contribution is -0.149. The van der Waals surface area contributed by atoms with E-state index in [4.69, 9.17) is 0 Å². The van der Waals surface area contributed by atoms with Crippen LogP contribution in [0.1, 0.15) is 23.7 Å². The Morgan fingerprint density at radius 2 is 1.70 bits per heavy atom. The van der Waals surface area contributed by atoms with Crippen molar-refractivity contribution in [2.45, 2.75) is 24.3 Å². The van der Waals surface area contributed by atoms with Crippen LogP contribution in [0, 0.1) is 11.8 Å². The van der Waals surface area contributed by atoms with Gasteiger partial charge in [-0.2, -0.15) is 0 Å². The Labute approximate surface area is 185 Å². The molecule has 0 aliphatic carbocycles. The molecular formula is C23H25NO4S2. The molecule has 30 heavy (non-hydrogen) atoms. The van der Waals surface area contributed by atoms with Crippen LogP contribution in [0.4, 0.5) is 0 Å². The molecule has 7 heteroatoms. The van der Waals surface area contributed by atoms with Gasteiger partial charge in [-0.3, -0.25) is 9.59 Å². The molecule has 0 saturated carbocycles. The molecule has 158 valence electrons. The summed E-state index contributed by atoms with van der Waals surface area (Å²) in [5.41, 5.74) is 0.602. The van der Waals surface area contributed by atoms with Gasteiger partial charge in [0, 0.05) is 34.4 Å². The van der Waals surface area contributed by atoms with E-state index in [9.17, 15) is 19.5 Å². The second-order valence-corrected chi connectivity index (χ2v) is 9.52. The van der Waals surface area contributed by atoms with Crippen LogP contribution >= 0.6 is 23.5 Å². The Hall–Kier alpha value is -2.25. The number of amides is 1. The Morgan fingerprint density at radius 3 is 2.33 bits per heavy atom. The quantitative estimate of drug-likeness (QED) is 0.614. The van der Waals surface area contributed by atoms with Crippen molar-refractivity contribution in [2.24, 2.45) is 11.8 Å². The third kappa shape index (κ3) is 5.89. The van der Waals surface area contributed by atoms with Crippen LogP contribution in [0.15, 0.2) is 65.6 Å². The van der Waals surface area contributed by atoms with Crippen LogP contribution in [0.5, 0.6) is 0 Å². The zero-order chi connectivity index (χ0) is 21.5. The first kappa shape index (κ1) is 22.4. The van der Waals surface area contributed by atoms with Gasteiger partial charge in [-0.15, -0.1) is 11.8 Å². The number of hydrogen-bond acceptors (Lipinski definition) is 5. The van der Waals surface area contributed by atoms with Gasteiger partial charge in [-0.25, -0.2) is 4.79 Å². The fraction of sp³-hybridized carbons (Fsp3) is 0.348. The van der Waals surface area contributed by atoms with Crippen molar-refractivity contribution in [1.29, 1.82) is 0 Å². The number of likely N-dealkylation sites (tertiary alicyclic amines) is 1. The first-order valence-electron chi connectivity index (χ1n) is 9.89. The lowest BCUT2D eigenvalue weighted by Gasteiger charge is -2.24. The predicted octanol–water partition coefficient (Wildman–Crippen LogP) is 4.29. The molecule has 1 aliphatic rings. The number of carboxylic acids is 1. The summed E-state index contributed by atoms with van der Waals surface area (Å²) >= 11 is 2.79. The lowest BCUT2D eigenvalue weighted by atomic mass is 10.1. The Bertz CT molecular complexity index is 875. The Balaban J connectivity index is 1.55. The number of hydrogen-bond donors (Lipinski definition) is 1. The van der Waals surface area contributed by atoms with Gasteiger partial charge in [-0.1, -0.05) is 67.2 Å². The number of carbonyl (C=O) groups excluding carboxylic acids is 2. The van der Waals surface area contributed by atoms with E-state index in [1.807, 2.05) is 36.4 Å². The maximum atomic E-state index is 13.0. The van der Waals surface area contributed by atoms with E-state index in [0.717, 1.165) is 22.4 Å². The monoisotopic (exact) mass is 443 g/mol. The smallest absolute Gasteiger partial charge is 0.326 e. The van der Waals surface area contributed by atoms with Gasteiger partial charge in [0.15, 0.2) is 0 Å².